The molecule has 0 saturated heterocycles. The van der Waals surface area contributed by atoms with Gasteiger partial charge in [0, 0.05) is 0 Å². The Morgan fingerprint density at radius 2 is 2.33 bits per heavy atom. The third kappa shape index (κ3) is 4.59. The van der Waals surface area contributed by atoms with E-state index in [2.05, 4.69) is 25.7 Å². The monoisotopic (exact) mass is 294 g/mol. The quantitative estimate of drug-likeness (QED) is 0.682. The number of halogens is 2. The minimum atomic E-state index is -0.417. The number of ether oxygens (including phenoxy) is 1. The van der Waals surface area contributed by atoms with Gasteiger partial charge in [0.25, 0.3) is 0 Å². The van der Waals surface area contributed by atoms with Crippen molar-refractivity contribution >= 4 is 34.3 Å². The molecule has 0 amide bonds. The van der Waals surface area contributed by atoms with Gasteiger partial charge < -0.3 is 10.5 Å². The molecule has 15 heavy (non-hydrogen) atoms. The number of esters is 1. The Morgan fingerprint density at radius 3 is 2.87 bits per heavy atom. The van der Waals surface area contributed by atoms with Gasteiger partial charge in [-0.3, -0.25) is 4.79 Å². The summed E-state index contributed by atoms with van der Waals surface area (Å²) in [5.74, 6) is -0.334. The number of pyridine rings is 1. The molecule has 0 unspecified atom stereocenters. The Labute approximate surface area is 103 Å². The van der Waals surface area contributed by atoms with Gasteiger partial charge in [-0.15, -0.1) is 12.4 Å². The van der Waals surface area contributed by atoms with Gasteiger partial charge in [0.15, 0.2) is 0 Å². The first-order valence-electron chi connectivity index (χ1n) is 4.08. The molecule has 0 aliphatic rings. The second kappa shape index (κ2) is 6.76. The predicted molar refractivity (Wildman–Crippen MR) is 62.7 cm³/mol. The molecule has 84 valence electrons. The summed E-state index contributed by atoms with van der Waals surface area (Å²) in [6, 6.07) is 4.98. The molecule has 0 spiro atoms. The van der Waals surface area contributed by atoms with E-state index in [0.29, 0.717) is 10.3 Å². The number of methoxy groups -OCH3 is 1. The lowest BCUT2D eigenvalue weighted by Gasteiger charge is -2.09. The lowest BCUT2D eigenvalue weighted by molar-refractivity contribution is -0.141. The summed E-state index contributed by atoms with van der Waals surface area (Å²) in [5, 5.41) is 0. The maximum absolute atomic E-state index is 10.9. The number of hydrogen-bond donors (Lipinski definition) is 1. The molecule has 0 fully saturated rings. The predicted octanol–water partition coefficient (Wildman–Crippen LogP) is 1.83. The van der Waals surface area contributed by atoms with Crippen LogP contribution in [0.3, 0.4) is 0 Å². The largest absolute Gasteiger partial charge is 0.469 e. The number of nitrogens with two attached hydrogens (primary N) is 1. The van der Waals surface area contributed by atoms with Crippen molar-refractivity contribution < 1.29 is 9.53 Å². The number of aromatic nitrogens is 1. The maximum atomic E-state index is 10.9. The minimum absolute atomic E-state index is 0. The van der Waals surface area contributed by atoms with E-state index in [-0.39, 0.29) is 24.8 Å². The van der Waals surface area contributed by atoms with Crippen molar-refractivity contribution in [2.75, 3.05) is 7.11 Å². The van der Waals surface area contributed by atoms with Crippen LogP contribution in [0.15, 0.2) is 22.8 Å². The van der Waals surface area contributed by atoms with Crippen molar-refractivity contribution in [2.24, 2.45) is 5.73 Å². The highest BCUT2D eigenvalue weighted by Gasteiger charge is 2.12. The molecule has 1 aromatic heterocycles. The van der Waals surface area contributed by atoms with Crippen LogP contribution in [0.5, 0.6) is 0 Å². The standard InChI is InChI=1S/C9H11BrN2O2.ClH/c1-14-9(13)5-6(11)7-3-2-4-8(10)12-7;/h2-4,6H,5,11H2,1H3;1H/t6-;/m0./s1. The van der Waals surface area contributed by atoms with Crippen LogP contribution in [0.2, 0.25) is 0 Å². The van der Waals surface area contributed by atoms with Crippen molar-refractivity contribution in [2.45, 2.75) is 12.5 Å². The van der Waals surface area contributed by atoms with Crippen LogP contribution in [0, 0.1) is 0 Å². The van der Waals surface area contributed by atoms with E-state index in [0.717, 1.165) is 0 Å². The van der Waals surface area contributed by atoms with E-state index < -0.39 is 6.04 Å². The summed E-state index contributed by atoms with van der Waals surface area (Å²) < 4.78 is 5.22. The number of hydrogen-bond acceptors (Lipinski definition) is 4. The smallest absolute Gasteiger partial charge is 0.307 e. The molecule has 0 radical (unpaired) electrons. The van der Waals surface area contributed by atoms with E-state index >= 15 is 0 Å². The molecule has 1 heterocycles. The molecule has 0 aliphatic carbocycles. The lowest BCUT2D eigenvalue weighted by Crippen LogP contribution is -2.17. The van der Waals surface area contributed by atoms with Gasteiger partial charge in [0.05, 0.1) is 25.3 Å². The zero-order chi connectivity index (χ0) is 10.6. The fourth-order valence-corrected chi connectivity index (χ4v) is 1.36. The van der Waals surface area contributed by atoms with E-state index in [1.54, 1.807) is 12.1 Å². The summed E-state index contributed by atoms with van der Waals surface area (Å²) in [7, 11) is 1.34. The van der Waals surface area contributed by atoms with E-state index in [1.807, 2.05) is 6.07 Å². The highest BCUT2D eigenvalue weighted by Crippen LogP contribution is 2.14. The van der Waals surface area contributed by atoms with Gasteiger partial charge in [-0.2, -0.15) is 0 Å². The molecule has 0 aromatic carbocycles. The van der Waals surface area contributed by atoms with Crippen LogP contribution in [0.1, 0.15) is 18.2 Å². The van der Waals surface area contributed by atoms with Crippen LogP contribution in [0.4, 0.5) is 0 Å². The number of nitrogens with zero attached hydrogens (tertiary/aromatic N) is 1. The topological polar surface area (TPSA) is 65.2 Å². The fraction of sp³-hybridized carbons (Fsp3) is 0.333. The molecule has 4 nitrogen and oxygen atoms in total. The highest BCUT2D eigenvalue weighted by molar-refractivity contribution is 9.10. The summed E-state index contributed by atoms with van der Waals surface area (Å²) in [6.45, 7) is 0. The molecular formula is C9H12BrClN2O2. The molecule has 1 aromatic rings. The molecule has 0 bridgehead atoms. The Hall–Kier alpha value is -0.650. The van der Waals surface area contributed by atoms with E-state index in [9.17, 15) is 4.79 Å². The molecular weight excluding hydrogens is 283 g/mol. The van der Waals surface area contributed by atoms with Crippen molar-refractivity contribution in [1.29, 1.82) is 0 Å². The maximum Gasteiger partial charge on any atom is 0.307 e. The fourth-order valence-electron chi connectivity index (χ4n) is 0.998. The summed E-state index contributed by atoms with van der Waals surface area (Å²) in [4.78, 5) is 15.1. The summed E-state index contributed by atoms with van der Waals surface area (Å²) in [5.41, 5.74) is 6.43. The van der Waals surface area contributed by atoms with Gasteiger partial charge in [0.2, 0.25) is 0 Å². The Kier molecular flexibility index (Phi) is 6.47. The van der Waals surface area contributed by atoms with Gasteiger partial charge in [-0.25, -0.2) is 4.98 Å². The van der Waals surface area contributed by atoms with Crippen LogP contribution < -0.4 is 5.73 Å². The Bertz CT molecular complexity index is 336. The van der Waals surface area contributed by atoms with Crippen molar-refractivity contribution in [3.05, 3.63) is 28.5 Å². The number of carbonyl (C=O) groups is 1. The third-order valence-electron chi connectivity index (χ3n) is 1.73. The highest BCUT2D eigenvalue weighted by atomic mass is 79.9. The van der Waals surface area contributed by atoms with Gasteiger partial charge in [0.1, 0.15) is 4.60 Å². The van der Waals surface area contributed by atoms with E-state index in [4.69, 9.17) is 5.73 Å². The third-order valence-corrected chi connectivity index (χ3v) is 2.17. The Morgan fingerprint density at radius 1 is 1.67 bits per heavy atom. The molecule has 1 atom stereocenters. The molecule has 0 saturated carbocycles. The van der Waals surface area contributed by atoms with Gasteiger partial charge in [-0.05, 0) is 28.1 Å². The Balaban J connectivity index is 0.00000196. The summed E-state index contributed by atoms with van der Waals surface area (Å²) >= 11 is 3.23. The zero-order valence-corrected chi connectivity index (χ0v) is 10.5. The first-order valence-corrected chi connectivity index (χ1v) is 4.87. The molecule has 6 heteroatoms. The first kappa shape index (κ1) is 14.3. The second-order valence-electron chi connectivity index (χ2n) is 2.77. The number of rotatable bonds is 3. The van der Waals surface area contributed by atoms with Crippen LogP contribution in [0.25, 0.3) is 0 Å². The second-order valence-corrected chi connectivity index (χ2v) is 3.58. The zero-order valence-electron chi connectivity index (χ0n) is 8.14. The average Bonchev–Trinajstić information content (AvgIpc) is 2.17. The number of carbonyl (C=O) groups excluding carboxylic acids is 1. The van der Waals surface area contributed by atoms with Crippen LogP contribution in [-0.4, -0.2) is 18.1 Å². The average molecular weight is 296 g/mol. The lowest BCUT2D eigenvalue weighted by atomic mass is 10.1. The van der Waals surface area contributed by atoms with Crippen LogP contribution >= 0.6 is 28.3 Å². The SMILES string of the molecule is COC(=O)C[C@H](N)c1cccc(Br)n1.Cl. The summed E-state index contributed by atoms with van der Waals surface area (Å²) in [6.07, 6.45) is 0.139. The minimum Gasteiger partial charge on any atom is -0.469 e. The van der Waals surface area contributed by atoms with Crippen molar-refractivity contribution in [1.82, 2.24) is 4.98 Å². The van der Waals surface area contributed by atoms with E-state index in [1.165, 1.54) is 7.11 Å². The van der Waals surface area contributed by atoms with Crippen LogP contribution in [-0.2, 0) is 9.53 Å². The molecule has 1 rings (SSSR count). The normalized spacial score (nSPS) is 11.4. The molecule has 0 aliphatic heterocycles. The van der Waals surface area contributed by atoms with Crippen molar-refractivity contribution in [3.8, 4) is 0 Å². The van der Waals surface area contributed by atoms with Crippen molar-refractivity contribution in [3.63, 3.8) is 0 Å². The first-order chi connectivity index (χ1) is 6.63. The van der Waals surface area contributed by atoms with Gasteiger partial charge >= 0.3 is 5.97 Å². The molecule has 2 N–H and O–H groups in total. The van der Waals surface area contributed by atoms with Gasteiger partial charge in [-0.1, -0.05) is 6.07 Å².